The summed E-state index contributed by atoms with van der Waals surface area (Å²) in [5.41, 5.74) is 2.08. The summed E-state index contributed by atoms with van der Waals surface area (Å²) in [6, 6.07) is 13.9. The van der Waals surface area contributed by atoms with Gasteiger partial charge >= 0.3 is 12.1 Å². The van der Waals surface area contributed by atoms with Crippen LogP contribution in [0.4, 0.5) is 13.6 Å². The van der Waals surface area contributed by atoms with Crippen molar-refractivity contribution in [1.29, 1.82) is 0 Å². The van der Waals surface area contributed by atoms with Gasteiger partial charge in [0.25, 0.3) is 5.92 Å². The van der Waals surface area contributed by atoms with Crippen molar-refractivity contribution in [3.8, 4) is 11.1 Å². The molecule has 0 fully saturated rings. The Hall–Kier alpha value is -3.49. The van der Waals surface area contributed by atoms with E-state index in [1.54, 1.807) is 0 Å². The highest BCUT2D eigenvalue weighted by atomic mass is 19.3. The average Bonchev–Trinajstić information content (AvgIpc) is 3.04. The van der Waals surface area contributed by atoms with Gasteiger partial charge in [-0.3, -0.25) is 9.59 Å². The van der Waals surface area contributed by atoms with E-state index in [4.69, 9.17) is 9.84 Å². The second-order valence-corrected chi connectivity index (χ2v) is 8.62. The molecule has 0 radical (unpaired) electrons. The summed E-state index contributed by atoms with van der Waals surface area (Å²) in [5, 5.41) is 13.4. The third-order valence-corrected chi connectivity index (χ3v) is 5.86. The number of carboxylic acid groups (broad SMARTS) is 1. The monoisotopic (exact) mass is 460 g/mol. The molecule has 0 spiro atoms. The zero-order valence-electron chi connectivity index (χ0n) is 18.5. The molecule has 2 aromatic carbocycles. The van der Waals surface area contributed by atoms with Gasteiger partial charge in [-0.15, -0.1) is 0 Å². The van der Waals surface area contributed by atoms with Crippen LogP contribution in [0.1, 0.15) is 44.2 Å². The van der Waals surface area contributed by atoms with Gasteiger partial charge in [0.2, 0.25) is 5.91 Å². The van der Waals surface area contributed by atoms with Crippen molar-refractivity contribution >= 4 is 18.0 Å². The Bertz CT molecular complexity index is 1020. The number of alkyl carbamates (subject to hydrolysis) is 1. The molecule has 0 heterocycles. The first-order valence-electron chi connectivity index (χ1n) is 10.4. The Balaban J connectivity index is 1.69. The fourth-order valence-electron chi connectivity index (χ4n) is 3.67. The molecule has 3 N–H and O–H groups in total. The van der Waals surface area contributed by atoms with Crippen molar-refractivity contribution in [2.24, 2.45) is 0 Å². The summed E-state index contributed by atoms with van der Waals surface area (Å²) in [7, 11) is 0. The number of alkyl halides is 2. The van der Waals surface area contributed by atoms with Crippen molar-refractivity contribution < 1.29 is 33.0 Å². The molecule has 176 valence electrons. The largest absolute Gasteiger partial charge is 0.481 e. The van der Waals surface area contributed by atoms with Crippen LogP contribution in [0.25, 0.3) is 11.1 Å². The van der Waals surface area contributed by atoms with Gasteiger partial charge in [0, 0.05) is 12.8 Å². The summed E-state index contributed by atoms with van der Waals surface area (Å²) >= 11 is 0. The van der Waals surface area contributed by atoms with E-state index in [1.165, 1.54) is 0 Å². The maximum Gasteiger partial charge on any atom is 0.407 e. The van der Waals surface area contributed by atoms with Crippen LogP contribution in [0, 0.1) is 0 Å². The van der Waals surface area contributed by atoms with E-state index in [-0.39, 0.29) is 12.5 Å². The van der Waals surface area contributed by atoms with E-state index in [0.717, 1.165) is 36.1 Å². The Labute approximate surface area is 190 Å². The average molecular weight is 460 g/mol. The Kier molecular flexibility index (Phi) is 6.71. The topological polar surface area (TPSA) is 105 Å². The number of carbonyl (C=O) groups excluding carboxylic acids is 2. The first kappa shape index (κ1) is 24.2. The number of carboxylic acids is 1. The highest BCUT2D eigenvalue weighted by Gasteiger charge is 2.44. The number of nitrogens with one attached hydrogen (secondary N) is 2. The van der Waals surface area contributed by atoms with Crippen LogP contribution in [-0.4, -0.2) is 47.2 Å². The van der Waals surface area contributed by atoms with Crippen LogP contribution in [0.2, 0.25) is 0 Å². The highest BCUT2D eigenvalue weighted by Crippen LogP contribution is 2.44. The molecule has 0 saturated carbocycles. The quantitative estimate of drug-likeness (QED) is 0.554. The minimum atomic E-state index is -3.28. The van der Waals surface area contributed by atoms with E-state index in [2.05, 4.69) is 10.6 Å². The minimum absolute atomic E-state index is 0.0419. The number of aliphatic carboxylic acids is 1. The Morgan fingerprint density at radius 1 is 1.00 bits per heavy atom. The van der Waals surface area contributed by atoms with Crippen molar-refractivity contribution in [1.82, 2.24) is 10.6 Å². The standard InChI is InChI=1S/C24H26F2N2O5/c1-23(2,24(3,25)26)28-21(31)19(12-20(29)30)27-22(32)33-13-18-16-10-6-4-8-14(16)15-9-5-7-11-17(15)18/h4-11,18-19H,12-13H2,1-3H3,(H,27,32)(H,28,31)(H,29,30). The molecule has 1 aliphatic rings. The molecule has 2 amide bonds. The van der Waals surface area contributed by atoms with E-state index >= 15 is 0 Å². The third-order valence-electron chi connectivity index (χ3n) is 5.86. The molecule has 0 saturated heterocycles. The lowest BCUT2D eigenvalue weighted by molar-refractivity contribution is -0.141. The lowest BCUT2D eigenvalue weighted by Gasteiger charge is -2.33. The van der Waals surface area contributed by atoms with Crippen LogP contribution in [0.15, 0.2) is 48.5 Å². The van der Waals surface area contributed by atoms with Crippen molar-refractivity contribution in [3.05, 3.63) is 59.7 Å². The fourth-order valence-corrected chi connectivity index (χ4v) is 3.67. The van der Waals surface area contributed by atoms with Gasteiger partial charge in [-0.05, 0) is 36.1 Å². The number of ether oxygens (including phenoxy) is 1. The van der Waals surface area contributed by atoms with Crippen LogP contribution in [0.5, 0.6) is 0 Å². The lowest BCUT2D eigenvalue weighted by atomic mass is 9.96. The first-order chi connectivity index (χ1) is 15.4. The van der Waals surface area contributed by atoms with Gasteiger partial charge in [0.1, 0.15) is 12.6 Å². The molecule has 9 heteroatoms. The van der Waals surface area contributed by atoms with Gasteiger partial charge in [0.15, 0.2) is 0 Å². The number of benzene rings is 2. The number of halogens is 2. The summed E-state index contributed by atoms with van der Waals surface area (Å²) < 4.78 is 32.8. The van der Waals surface area contributed by atoms with E-state index < -0.39 is 41.9 Å². The summed E-state index contributed by atoms with van der Waals surface area (Å²) in [4.78, 5) is 36.1. The SMILES string of the molecule is CC(F)(F)C(C)(C)NC(=O)C(CC(=O)O)NC(=O)OCC1c2ccccc2-c2ccccc21. The summed E-state index contributed by atoms with van der Waals surface area (Å²) in [6.45, 7) is 2.81. The molecule has 1 unspecified atom stereocenters. The van der Waals surface area contributed by atoms with E-state index in [1.807, 2.05) is 48.5 Å². The fraction of sp³-hybridized carbons (Fsp3) is 0.375. The number of amides is 2. The number of fused-ring (bicyclic) bond motifs is 3. The molecule has 33 heavy (non-hydrogen) atoms. The maximum absolute atomic E-state index is 13.7. The van der Waals surface area contributed by atoms with Crippen LogP contribution < -0.4 is 10.6 Å². The molecule has 1 atom stereocenters. The smallest absolute Gasteiger partial charge is 0.407 e. The molecule has 1 aliphatic carbocycles. The third kappa shape index (κ3) is 5.30. The Morgan fingerprint density at radius 3 is 2.00 bits per heavy atom. The van der Waals surface area contributed by atoms with Crippen LogP contribution in [0.3, 0.4) is 0 Å². The molecule has 0 aromatic heterocycles. The predicted octanol–water partition coefficient (Wildman–Crippen LogP) is 3.92. The van der Waals surface area contributed by atoms with Gasteiger partial charge < -0.3 is 20.5 Å². The van der Waals surface area contributed by atoms with Gasteiger partial charge in [0.05, 0.1) is 12.0 Å². The van der Waals surface area contributed by atoms with E-state index in [0.29, 0.717) is 6.92 Å². The zero-order valence-corrected chi connectivity index (χ0v) is 18.5. The second kappa shape index (κ2) is 9.17. The van der Waals surface area contributed by atoms with Gasteiger partial charge in [-0.2, -0.15) is 0 Å². The van der Waals surface area contributed by atoms with Crippen molar-refractivity contribution in [3.63, 3.8) is 0 Å². The maximum atomic E-state index is 13.7. The summed E-state index contributed by atoms with van der Waals surface area (Å²) in [5.74, 6) is -5.93. The zero-order chi connectivity index (χ0) is 24.4. The van der Waals surface area contributed by atoms with Crippen LogP contribution in [-0.2, 0) is 14.3 Å². The van der Waals surface area contributed by atoms with E-state index in [9.17, 15) is 23.2 Å². The summed E-state index contributed by atoms with van der Waals surface area (Å²) in [6.07, 6.45) is -1.80. The first-order valence-corrected chi connectivity index (χ1v) is 10.4. The van der Waals surface area contributed by atoms with Gasteiger partial charge in [-0.1, -0.05) is 48.5 Å². The molecule has 3 rings (SSSR count). The van der Waals surface area contributed by atoms with Crippen LogP contribution >= 0.6 is 0 Å². The molecular formula is C24H26F2N2O5. The predicted molar refractivity (Wildman–Crippen MR) is 117 cm³/mol. The molecule has 7 nitrogen and oxygen atoms in total. The molecule has 2 aromatic rings. The molecule has 0 aliphatic heterocycles. The Morgan fingerprint density at radius 2 is 1.52 bits per heavy atom. The van der Waals surface area contributed by atoms with Crippen molar-refractivity contribution in [2.75, 3.05) is 6.61 Å². The molecule has 0 bridgehead atoms. The number of hydrogen-bond donors (Lipinski definition) is 3. The minimum Gasteiger partial charge on any atom is -0.481 e. The highest BCUT2D eigenvalue weighted by molar-refractivity contribution is 5.89. The second-order valence-electron chi connectivity index (χ2n) is 8.62. The van der Waals surface area contributed by atoms with Gasteiger partial charge in [-0.25, -0.2) is 13.6 Å². The number of hydrogen-bond acceptors (Lipinski definition) is 4. The van der Waals surface area contributed by atoms with Crippen molar-refractivity contribution in [2.45, 2.75) is 50.6 Å². The molecular weight excluding hydrogens is 434 g/mol. The number of rotatable bonds is 8. The normalized spacial score (nSPS) is 14.1. The number of carbonyl (C=O) groups is 3. The lowest BCUT2D eigenvalue weighted by Crippen LogP contribution is -2.59.